The Labute approximate surface area is 190 Å². The lowest BCUT2D eigenvalue weighted by atomic mass is 10.0. The second-order valence-corrected chi connectivity index (χ2v) is 8.77. The average Bonchev–Trinajstić information content (AvgIpc) is 2.76. The molecule has 0 aromatic heterocycles. The maximum absolute atomic E-state index is 12.9. The normalized spacial score (nSPS) is 20.7. The van der Waals surface area contributed by atoms with Crippen LogP contribution in [0.2, 0.25) is 0 Å². The van der Waals surface area contributed by atoms with Crippen molar-refractivity contribution < 1.29 is 19.0 Å². The second kappa shape index (κ2) is 9.15. The number of carbonyl (C=O) groups excluding carboxylic acids is 1. The van der Waals surface area contributed by atoms with Crippen LogP contribution in [0.25, 0.3) is 6.08 Å². The third kappa shape index (κ3) is 4.40. The first-order chi connectivity index (χ1) is 15.4. The Morgan fingerprint density at radius 1 is 1.22 bits per heavy atom. The van der Waals surface area contributed by atoms with Gasteiger partial charge in [-0.3, -0.25) is 0 Å². The van der Waals surface area contributed by atoms with Gasteiger partial charge < -0.3 is 24.0 Å². The van der Waals surface area contributed by atoms with Crippen molar-refractivity contribution in [2.75, 3.05) is 44.6 Å². The van der Waals surface area contributed by atoms with Gasteiger partial charge in [-0.25, -0.2) is 4.79 Å². The van der Waals surface area contributed by atoms with E-state index in [9.17, 15) is 4.79 Å². The quantitative estimate of drug-likeness (QED) is 0.648. The van der Waals surface area contributed by atoms with Crippen LogP contribution < -0.4 is 19.3 Å². The Morgan fingerprint density at radius 3 is 2.75 bits per heavy atom. The number of hydrogen-bond acceptors (Lipinski definition) is 6. The predicted octanol–water partition coefficient (Wildman–Crippen LogP) is 4.69. The van der Waals surface area contributed by atoms with E-state index < -0.39 is 0 Å². The van der Waals surface area contributed by atoms with Gasteiger partial charge in [0.25, 0.3) is 0 Å². The van der Waals surface area contributed by atoms with Gasteiger partial charge in [-0.15, -0.1) is 0 Å². The number of nitrogens with zero attached hydrogens (tertiary/aromatic N) is 2. The Morgan fingerprint density at radius 2 is 2.03 bits per heavy atom. The molecule has 0 spiro atoms. The molecular weight excluding hydrogens is 404 g/mol. The molecule has 2 aliphatic rings. The number of methoxy groups -OCH3 is 1. The molecular formula is C26H32N2O4. The monoisotopic (exact) mass is 436 g/mol. The smallest absolute Gasteiger partial charge is 0.338 e. The Kier molecular flexibility index (Phi) is 6.31. The van der Waals surface area contributed by atoms with E-state index in [1.165, 1.54) is 0 Å². The molecule has 4 rings (SSSR count). The second-order valence-electron chi connectivity index (χ2n) is 8.77. The Bertz CT molecular complexity index is 1030. The van der Waals surface area contributed by atoms with Gasteiger partial charge in [0.15, 0.2) is 11.5 Å². The molecule has 6 heteroatoms. The van der Waals surface area contributed by atoms with Crippen LogP contribution in [-0.4, -0.2) is 53.0 Å². The van der Waals surface area contributed by atoms with Crippen LogP contribution in [0.1, 0.15) is 40.7 Å². The van der Waals surface area contributed by atoms with E-state index in [-0.39, 0.29) is 18.2 Å². The molecule has 0 amide bonds. The molecule has 0 N–H and O–H groups in total. The number of hydrogen-bond donors (Lipinski definition) is 0. The summed E-state index contributed by atoms with van der Waals surface area (Å²) in [7, 11) is 7.74. The molecule has 2 aliphatic heterocycles. The third-order valence-corrected chi connectivity index (χ3v) is 6.22. The van der Waals surface area contributed by atoms with E-state index in [1.807, 2.05) is 62.3 Å². The fourth-order valence-corrected chi connectivity index (χ4v) is 4.53. The van der Waals surface area contributed by atoms with Crippen molar-refractivity contribution in [3.05, 3.63) is 53.1 Å². The topological polar surface area (TPSA) is 51.2 Å². The van der Waals surface area contributed by atoms with E-state index in [4.69, 9.17) is 14.2 Å². The van der Waals surface area contributed by atoms with Gasteiger partial charge in [-0.05, 0) is 67.8 Å². The zero-order valence-electron chi connectivity index (χ0n) is 19.6. The predicted molar refractivity (Wildman–Crippen MR) is 128 cm³/mol. The molecule has 2 atom stereocenters. The van der Waals surface area contributed by atoms with E-state index >= 15 is 0 Å². The number of fused-ring (bicyclic) bond motifs is 1. The molecule has 0 aliphatic carbocycles. The number of esters is 1. The molecule has 2 heterocycles. The minimum Gasteiger partial charge on any atom is -0.493 e. The van der Waals surface area contributed by atoms with Crippen molar-refractivity contribution in [3.63, 3.8) is 0 Å². The number of ether oxygens (including phenoxy) is 3. The largest absolute Gasteiger partial charge is 0.493 e. The van der Waals surface area contributed by atoms with Gasteiger partial charge >= 0.3 is 5.97 Å². The highest BCUT2D eigenvalue weighted by atomic mass is 16.5. The van der Waals surface area contributed by atoms with Crippen molar-refractivity contribution >= 4 is 23.4 Å². The lowest BCUT2D eigenvalue weighted by Gasteiger charge is -2.27. The highest BCUT2D eigenvalue weighted by molar-refractivity contribution is 5.90. The standard InChI is InChI=1S/C26H32N2O4/c1-17-15-18(8-11-22(17)27(2)3)26(29)32-20-9-10-21-23-12-13-24(30-5)25(21)31-19(16-20)7-6-14-28(23)4/h8-13,15,19-20H,6-7,14,16H2,1-5H3/b10-9-/t19?,20-/m0/s1. The molecule has 0 saturated heterocycles. The van der Waals surface area contributed by atoms with Gasteiger partial charge in [0, 0.05) is 51.0 Å². The molecule has 2 aromatic carbocycles. The highest BCUT2D eigenvalue weighted by Gasteiger charge is 2.28. The minimum absolute atomic E-state index is 0.0648. The molecule has 4 bridgehead atoms. The van der Waals surface area contributed by atoms with Crippen molar-refractivity contribution in [2.45, 2.75) is 38.4 Å². The van der Waals surface area contributed by atoms with Crippen LogP contribution in [0.5, 0.6) is 11.5 Å². The van der Waals surface area contributed by atoms with Crippen LogP contribution >= 0.6 is 0 Å². The van der Waals surface area contributed by atoms with Gasteiger partial charge in [0.2, 0.25) is 0 Å². The maximum Gasteiger partial charge on any atom is 0.338 e. The van der Waals surface area contributed by atoms with E-state index in [1.54, 1.807) is 7.11 Å². The molecule has 0 radical (unpaired) electrons. The summed E-state index contributed by atoms with van der Waals surface area (Å²) in [6.45, 7) is 2.94. The summed E-state index contributed by atoms with van der Waals surface area (Å²) < 4.78 is 18.0. The zero-order chi connectivity index (χ0) is 22.8. The molecule has 170 valence electrons. The maximum atomic E-state index is 12.9. The van der Waals surface area contributed by atoms with Gasteiger partial charge in [0.05, 0.1) is 12.7 Å². The summed E-state index contributed by atoms with van der Waals surface area (Å²) >= 11 is 0. The number of carbonyl (C=O) groups is 1. The summed E-state index contributed by atoms with van der Waals surface area (Å²) in [6.07, 6.45) is 6.03. The van der Waals surface area contributed by atoms with Gasteiger partial charge in [-0.1, -0.05) is 0 Å². The van der Waals surface area contributed by atoms with Crippen LogP contribution in [0.3, 0.4) is 0 Å². The van der Waals surface area contributed by atoms with Crippen molar-refractivity contribution in [1.82, 2.24) is 0 Å². The molecule has 6 nitrogen and oxygen atoms in total. The molecule has 1 unspecified atom stereocenters. The van der Waals surface area contributed by atoms with Crippen molar-refractivity contribution in [2.24, 2.45) is 0 Å². The number of benzene rings is 2. The molecule has 0 fully saturated rings. The lowest BCUT2D eigenvalue weighted by molar-refractivity contribution is 0.0285. The summed E-state index contributed by atoms with van der Waals surface area (Å²) in [6, 6.07) is 9.69. The first-order valence-electron chi connectivity index (χ1n) is 11.1. The first-order valence-corrected chi connectivity index (χ1v) is 11.1. The molecule has 32 heavy (non-hydrogen) atoms. The van der Waals surface area contributed by atoms with E-state index in [2.05, 4.69) is 18.0 Å². The zero-order valence-corrected chi connectivity index (χ0v) is 19.6. The van der Waals surface area contributed by atoms with E-state index in [0.717, 1.165) is 53.4 Å². The van der Waals surface area contributed by atoms with Crippen LogP contribution in [0.4, 0.5) is 11.4 Å². The van der Waals surface area contributed by atoms with Crippen LogP contribution in [0.15, 0.2) is 36.4 Å². The highest BCUT2D eigenvalue weighted by Crippen LogP contribution is 2.42. The summed E-state index contributed by atoms with van der Waals surface area (Å²) in [5.74, 6) is 1.17. The Balaban J connectivity index is 1.63. The molecule has 0 saturated carbocycles. The van der Waals surface area contributed by atoms with Gasteiger partial charge in [0.1, 0.15) is 12.2 Å². The fraction of sp³-hybridized carbons (Fsp3) is 0.423. The summed E-state index contributed by atoms with van der Waals surface area (Å²) in [5, 5.41) is 0. The lowest BCUT2D eigenvalue weighted by Crippen LogP contribution is -2.28. The van der Waals surface area contributed by atoms with E-state index in [0.29, 0.717) is 12.0 Å². The molecule has 2 aromatic rings. The van der Waals surface area contributed by atoms with Crippen molar-refractivity contribution in [1.29, 1.82) is 0 Å². The fourth-order valence-electron chi connectivity index (χ4n) is 4.53. The SMILES string of the molecule is COc1ccc2c3c1OC(CCCN2C)C[C@@H](OC(=O)c1ccc(N(C)C)c(C)c1)/C=C\3. The van der Waals surface area contributed by atoms with Crippen LogP contribution in [0, 0.1) is 6.92 Å². The number of anilines is 2. The third-order valence-electron chi connectivity index (χ3n) is 6.22. The van der Waals surface area contributed by atoms with Gasteiger partial charge in [-0.2, -0.15) is 0 Å². The summed E-state index contributed by atoms with van der Waals surface area (Å²) in [4.78, 5) is 17.2. The van der Waals surface area contributed by atoms with Crippen molar-refractivity contribution in [3.8, 4) is 11.5 Å². The minimum atomic E-state index is -0.364. The number of aryl methyl sites for hydroxylation is 1. The first kappa shape index (κ1) is 22.1. The van der Waals surface area contributed by atoms with Crippen LogP contribution in [-0.2, 0) is 4.74 Å². The number of rotatable bonds is 4. The average molecular weight is 437 g/mol. The summed E-state index contributed by atoms with van der Waals surface area (Å²) in [5.41, 5.74) is 4.73. The Hall–Kier alpha value is -3.15.